The van der Waals surface area contributed by atoms with Crippen LogP contribution in [0.15, 0.2) is 237 Å². The highest BCUT2D eigenvalue weighted by Gasteiger charge is 2.23. The number of rotatable bonds is 30. The lowest BCUT2D eigenvalue weighted by Gasteiger charge is -2.35. The molecular weight excluding hydrogens is 1250 g/mol. The van der Waals surface area contributed by atoms with Crippen molar-refractivity contribution in [1.29, 1.82) is 0 Å². The van der Waals surface area contributed by atoms with Crippen molar-refractivity contribution < 1.29 is 40.6 Å². The van der Waals surface area contributed by atoms with E-state index in [0.29, 0.717) is 19.8 Å². The van der Waals surface area contributed by atoms with Crippen LogP contribution in [-0.2, 0) is 33.5 Å². The summed E-state index contributed by atoms with van der Waals surface area (Å²) in [6.07, 6.45) is 5.91. The van der Waals surface area contributed by atoms with Crippen LogP contribution in [0.4, 0.5) is 26.3 Å². The molecule has 0 spiro atoms. The fourth-order valence-corrected chi connectivity index (χ4v) is 13.0. The summed E-state index contributed by atoms with van der Waals surface area (Å²) < 4.78 is 99.1. The predicted molar refractivity (Wildman–Crippen MR) is 385 cm³/mol. The highest BCUT2D eigenvalue weighted by Crippen LogP contribution is 2.30. The van der Waals surface area contributed by atoms with Gasteiger partial charge in [-0.15, -0.1) is 0 Å². The number of hydrogen-bond acceptors (Lipinski definition) is 9. The molecule has 0 amide bonds. The summed E-state index contributed by atoms with van der Waals surface area (Å²) in [6.45, 7) is 20.3. The van der Waals surface area contributed by atoms with E-state index in [4.69, 9.17) is 14.2 Å². The summed E-state index contributed by atoms with van der Waals surface area (Å²) in [5, 5.41) is 0. The highest BCUT2D eigenvalue weighted by atomic mass is 19.1. The molecule has 0 aliphatic carbocycles. The van der Waals surface area contributed by atoms with Crippen molar-refractivity contribution in [2.75, 3.05) is 138 Å². The van der Waals surface area contributed by atoms with Gasteiger partial charge in [0.1, 0.15) is 53.2 Å². The molecule has 12 rings (SSSR count). The molecule has 3 saturated heterocycles. The van der Waals surface area contributed by atoms with Crippen molar-refractivity contribution in [2.45, 2.75) is 56.8 Å². The van der Waals surface area contributed by atoms with Gasteiger partial charge in [0.15, 0.2) is 0 Å². The second-order valence-corrected chi connectivity index (χ2v) is 25.9. The first-order valence-electron chi connectivity index (χ1n) is 35.4. The Morgan fingerprint density at radius 3 is 0.576 bits per heavy atom. The summed E-state index contributed by atoms with van der Waals surface area (Å²) in [5.74, 6) is -1.68. The van der Waals surface area contributed by atoms with Crippen LogP contribution in [0.5, 0.6) is 0 Å². The van der Waals surface area contributed by atoms with E-state index in [0.717, 1.165) is 170 Å². The Bertz CT molecular complexity index is 3120. The molecule has 3 fully saturated rings. The van der Waals surface area contributed by atoms with Gasteiger partial charge in [0.2, 0.25) is 0 Å². The van der Waals surface area contributed by atoms with E-state index in [-0.39, 0.29) is 53.2 Å². The fraction of sp³-hybridized carbons (Fsp3) is 0.357. The zero-order chi connectivity index (χ0) is 68.6. The molecule has 15 heteroatoms. The van der Waals surface area contributed by atoms with Crippen molar-refractivity contribution in [3.05, 3.63) is 322 Å². The molecule has 9 aromatic rings. The first kappa shape index (κ1) is 73.9. The summed E-state index contributed by atoms with van der Waals surface area (Å²) in [7, 11) is 0. The van der Waals surface area contributed by atoms with Crippen LogP contribution < -0.4 is 0 Å². The first-order chi connectivity index (χ1) is 48.5. The van der Waals surface area contributed by atoms with Gasteiger partial charge in [-0.2, -0.15) is 0 Å². The quantitative estimate of drug-likeness (QED) is 0.0410. The minimum atomic E-state index is -0.342. The molecule has 3 heterocycles. The zero-order valence-corrected chi connectivity index (χ0v) is 57.0. The maximum absolute atomic E-state index is 13.4. The number of hydrogen-bond donors (Lipinski definition) is 0. The van der Waals surface area contributed by atoms with Gasteiger partial charge in [-0.05, 0) is 181 Å². The molecule has 0 aromatic heterocycles. The van der Waals surface area contributed by atoms with Crippen LogP contribution in [0.25, 0.3) is 0 Å². The molecule has 3 aliphatic heterocycles. The van der Waals surface area contributed by atoms with Crippen molar-refractivity contribution in [3.63, 3.8) is 0 Å². The molecule has 0 unspecified atom stereocenters. The Labute approximate surface area is 583 Å². The van der Waals surface area contributed by atoms with Gasteiger partial charge < -0.3 is 28.9 Å². The van der Waals surface area contributed by atoms with E-state index in [1.165, 1.54) is 109 Å². The maximum atomic E-state index is 13.4. The largest absolute Gasteiger partial charge is 0.367 e. The van der Waals surface area contributed by atoms with Gasteiger partial charge in [-0.3, -0.25) is 14.7 Å². The third-order valence-electron chi connectivity index (χ3n) is 18.9. The molecule has 3 aliphatic rings. The Balaban J connectivity index is 0.000000161. The van der Waals surface area contributed by atoms with Gasteiger partial charge in [-0.1, -0.05) is 164 Å². The number of nitrogens with zero attached hydrogens (tertiary/aromatic N) is 6. The van der Waals surface area contributed by atoms with Crippen LogP contribution in [0.3, 0.4) is 0 Å². The lowest BCUT2D eigenvalue weighted by Crippen LogP contribution is -2.47. The van der Waals surface area contributed by atoms with E-state index < -0.39 is 0 Å². The van der Waals surface area contributed by atoms with Crippen molar-refractivity contribution in [1.82, 2.24) is 29.4 Å². The van der Waals surface area contributed by atoms with Crippen molar-refractivity contribution >= 4 is 0 Å². The first-order valence-corrected chi connectivity index (χ1v) is 35.4. The third-order valence-corrected chi connectivity index (χ3v) is 18.9. The van der Waals surface area contributed by atoms with Crippen molar-refractivity contribution in [3.8, 4) is 0 Å². The second-order valence-electron chi connectivity index (χ2n) is 25.9. The van der Waals surface area contributed by atoms with Crippen LogP contribution in [0.2, 0.25) is 0 Å². The minimum absolute atomic E-state index is 0.279. The molecule has 9 aromatic carbocycles. The van der Waals surface area contributed by atoms with Crippen LogP contribution in [0, 0.1) is 34.9 Å². The second kappa shape index (κ2) is 40.5. The number of benzene rings is 9. The fourth-order valence-electron chi connectivity index (χ4n) is 13.0. The minimum Gasteiger partial charge on any atom is -0.367 e. The molecule has 99 heavy (non-hydrogen) atoms. The smallest absolute Gasteiger partial charge is 0.123 e. The molecule has 9 nitrogen and oxygen atoms in total. The Kier molecular flexibility index (Phi) is 30.2. The monoisotopic (exact) mass is 1350 g/mol. The van der Waals surface area contributed by atoms with Crippen LogP contribution in [0.1, 0.15) is 87.6 Å². The molecule has 0 atom stereocenters. The zero-order valence-electron chi connectivity index (χ0n) is 57.0. The van der Waals surface area contributed by atoms with Crippen LogP contribution >= 0.6 is 0 Å². The van der Waals surface area contributed by atoms with Gasteiger partial charge in [0, 0.05) is 98.2 Å². The molecule has 0 radical (unpaired) electrons. The average molecular weight is 1350 g/mol. The Morgan fingerprint density at radius 1 is 0.222 bits per heavy atom. The van der Waals surface area contributed by atoms with Gasteiger partial charge in [0.25, 0.3) is 0 Å². The van der Waals surface area contributed by atoms with E-state index in [2.05, 4.69) is 120 Å². The number of aryl methyl sites for hydroxylation is 3. The highest BCUT2D eigenvalue weighted by molar-refractivity contribution is 5.33. The lowest BCUT2D eigenvalue weighted by atomic mass is 10.0. The average Bonchev–Trinajstić information content (AvgIpc) is 1.27. The predicted octanol–water partition coefficient (Wildman–Crippen LogP) is 16.0. The third kappa shape index (κ3) is 25.4. The Hall–Kier alpha value is -7.80. The van der Waals surface area contributed by atoms with Gasteiger partial charge >= 0.3 is 0 Å². The summed E-state index contributed by atoms with van der Waals surface area (Å²) in [4.78, 5) is 14.9. The maximum Gasteiger partial charge on any atom is 0.123 e. The van der Waals surface area contributed by atoms with E-state index >= 15 is 0 Å². The number of piperazine rings is 3. The van der Waals surface area contributed by atoms with E-state index in [9.17, 15) is 26.3 Å². The molecule has 0 bridgehead atoms. The van der Waals surface area contributed by atoms with Gasteiger partial charge in [0.05, 0.1) is 19.8 Å². The van der Waals surface area contributed by atoms with E-state index in [1.807, 2.05) is 0 Å². The number of halogens is 6. The Morgan fingerprint density at radius 2 is 0.394 bits per heavy atom. The SMILES string of the molecule is Fc1ccc(C(OCCN2CCN(CCCc3ccccc3)CC2)c2ccc(F)cc2)cc1.Fc1ccc(C(OCCN2CCN(CCCc3ccccc3)CC2)c2ccc(F)cc2)cc1.Fc1ccc(C(OCCN2CCN(CCCc3ccccc3)CC2)c2ccc(F)cc2)cc1. The standard InChI is InChI=1S/3C28H32F2N2O/c3*29-26-12-8-24(9-13-26)28(25-10-14-27(30)15-11-25)33-22-21-32-19-17-31(18-20-32)16-4-7-23-5-2-1-3-6-23/h3*1-3,5-6,8-15,28H,4,7,16-22H2. The summed E-state index contributed by atoms with van der Waals surface area (Å²) in [6, 6.07) is 70.0. The lowest BCUT2D eigenvalue weighted by molar-refractivity contribution is 0.0450. The van der Waals surface area contributed by atoms with Gasteiger partial charge in [-0.25, -0.2) is 26.3 Å². The number of ether oxygens (including phenoxy) is 3. The molecule has 522 valence electrons. The van der Waals surface area contributed by atoms with E-state index in [1.54, 1.807) is 72.8 Å². The molecule has 0 N–H and O–H groups in total. The van der Waals surface area contributed by atoms with Crippen LogP contribution in [-0.4, -0.2) is 167 Å². The summed E-state index contributed by atoms with van der Waals surface area (Å²) >= 11 is 0. The summed E-state index contributed by atoms with van der Waals surface area (Å²) in [5.41, 5.74) is 9.42. The molecule has 0 saturated carbocycles. The molecular formula is C84H96F6N6O3. The topological polar surface area (TPSA) is 47.1 Å². The van der Waals surface area contributed by atoms with Crippen molar-refractivity contribution in [2.24, 2.45) is 0 Å². The normalized spacial score (nSPS) is 15.2.